The Labute approximate surface area is 162 Å². The third-order valence-electron chi connectivity index (χ3n) is 4.73. The van der Waals surface area contributed by atoms with E-state index in [0.29, 0.717) is 5.69 Å². The Hall–Kier alpha value is -2.34. The van der Waals surface area contributed by atoms with Crippen LogP contribution in [0.3, 0.4) is 0 Å². The van der Waals surface area contributed by atoms with Crippen LogP contribution in [0.2, 0.25) is 0 Å². The molecule has 1 amide bonds. The van der Waals surface area contributed by atoms with Gasteiger partial charge in [0.05, 0.1) is 11.9 Å². The van der Waals surface area contributed by atoms with Gasteiger partial charge in [0.25, 0.3) is 0 Å². The molecule has 0 aromatic heterocycles. The maximum absolute atomic E-state index is 12.5. The van der Waals surface area contributed by atoms with Gasteiger partial charge in [-0.05, 0) is 62.9 Å². The van der Waals surface area contributed by atoms with Crippen LogP contribution in [0.4, 0.5) is 11.4 Å². The quantitative estimate of drug-likeness (QED) is 0.813. The summed E-state index contributed by atoms with van der Waals surface area (Å²) in [6.07, 6.45) is 1.24. The lowest BCUT2D eigenvalue weighted by molar-refractivity contribution is -0.116. The SMILES string of the molecule is Cc1cc(C)c(NC(=O)CCN(c2cccc(C)c2C)S(C)(=O)=O)c(C)c1. The van der Waals surface area contributed by atoms with Crippen molar-refractivity contribution in [2.24, 2.45) is 0 Å². The molecule has 0 heterocycles. The fourth-order valence-electron chi connectivity index (χ4n) is 3.25. The lowest BCUT2D eigenvalue weighted by atomic mass is 10.0. The number of nitrogens with zero attached hydrogens (tertiary/aromatic N) is 1. The second-order valence-electron chi connectivity index (χ2n) is 7.13. The molecule has 0 radical (unpaired) electrons. The molecule has 0 aliphatic heterocycles. The highest BCUT2D eigenvalue weighted by Crippen LogP contribution is 2.26. The number of rotatable bonds is 6. The molecule has 27 heavy (non-hydrogen) atoms. The van der Waals surface area contributed by atoms with Crippen molar-refractivity contribution < 1.29 is 13.2 Å². The van der Waals surface area contributed by atoms with Crippen LogP contribution >= 0.6 is 0 Å². The average molecular weight is 389 g/mol. The summed E-state index contributed by atoms with van der Waals surface area (Å²) in [7, 11) is -3.49. The molecule has 5 nitrogen and oxygen atoms in total. The molecule has 0 aliphatic rings. The highest BCUT2D eigenvalue weighted by molar-refractivity contribution is 7.92. The lowest BCUT2D eigenvalue weighted by Gasteiger charge is -2.25. The smallest absolute Gasteiger partial charge is 0.232 e. The molecule has 0 atom stereocenters. The van der Waals surface area contributed by atoms with Gasteiger partial charge in [-0.15, -0.1) is 0 Å². The molecular formula is C21H28N2O3S. The van der Waals surface area contributed by atoms with Crippen LogP contribution in [0.1, 0.15) is 34.2 Å². The van der Waals surface area contributed by atoms with Crippen molar-refractivity contribution in [3.8, 4) is 0 Å². The predicted octanol–water partition coefficient (Wildman–Crippen LogP) is 4.02. The first kappa shape index (κ1) is 21.0. The third kappa shape index (κ3) is 5.10. The van der Waals surface area contributed by atoms with Crippen molar-refractivity contribution in [3.63, 3.8) is 0 Å². The maximum atomic E-state index is 12.5. The number of aryl methyl sites for hydroxylation is 4. The van der Waals surface area contributed by atoms with E-state index in [4.69, 9.17) is 0 Å². The normalized spacial score (nSPS) is 11.3. The Morgan fingerprint density at radius 2 is 1.59 bits per heavy atom. The summed E-state index contributed by atoms with van der Waals surface area (Å²) in [5.74, 6) is -0.205. The van der Waals surface area contributed by atoms with Gasteiger partial charge < -0.3 is 5.32 Å². The minimum Gasteiger partial charge on any atom is -0.326 e. The van der Waals surface area contributed by atoms with Crippen molar-refractivity contribution in [1.82, 2.24) is 0 Å². The summed E-state index contributed by atoms with van der Waals surface area (Å²) in [6.45, 7) is 9.85. The average Bonchev–Trinajstić information content (AvgIpc) is 2.53. The van der Waals surface area contributed by atoms with Crippen LogP contribution in [0, 0.1) is 34.6 Å². The van der Waals surface area contributed by atoms with Gasteiger partial charge in [0, 0.05) is 18.7 Å². The third-order valence-corrected chi connectivity index (χ3v) is 5.91. The molecule has 0 spiro atoms. The number of carbonyl (C=O) groups excluding carboxylic acids is 1. The minimum absolute atomic E-state index is 0.0766. The maximum Gasteiger partial charge on any atom is 0.232 e. The number of carbonyl (C=O) groups is 1. The van der Waals surface area contributed by atoms with Crippen LogP contribution in [0.15, 0.2) is 30.3 Å². The number of amides is 1. The first-order chi connectivity index (χ1) is 12.5. The molecule has 0 unspecified atom stereocenters. The summed E-state index contributed by atoms with van der Waals surface area (Å²) in [6, 6.07) is 9.57. The molecular weight excluding hydrogens is 360 g/mol. The van der Waals surface area contributed by atoms with E-state index in [-0.39, 0.29) is 18.9 Å². The van der Waals surface area contributed by atoms with Gasteiger partial charge in [0.15, 0.2) is 0 Å². The zero-order valence-corrected chi connectivity index (χ0v) is 17.7. The van der Waals surface area contributed by atoms with Crippen LogP contribution in [-0.2, 0) is 14.8 Å². The Kier molecular flexibility index (Phi) is 6.31. The molecule has 0 fully saturated rings. The minimum atomic E-state index is -3.49. The fraction of sp³-hybridized carbons (Fsp3) is 0.381. The van der Waals surface area contributed by atoms with E-state index in [0.717, 1.165) is 33.5 Å². The number of hydrogen-bond acceptors (Lipinski definition) is 3. The second-order valence-corrected chi connectivity index (χ2v) is 9.03. The molecule has 0 saturated heterocycles. The van der Waals surface area contributed by atoms with E-state index >= 15 is 0 Å². The first-order valence-electron chi connectivity index (χ1n) is 8.92. The van der Waals surface area contributed by atoms with Crippen LogP contribution in [0.5, 0.6) is 0 Å². The molecule has 6 heteroatoms. The molecule has 0 bridgehead atoms. The predicted molar refractivity (Wildman–Crippen MR) is 112 cm³/mol. The molecule has 2 aromatic rings. The van der Waals surface area contributed by atoms with Crippen molar-refractivity contribution in [2.45, 2.75) is 41.0 Å². The lowest BCUT2D eigenvalue weighted by Crippen LogP contribution is -2.33. The van der Waals surface area contributed by atoms with Gasteiger partial charge in [-0.3, -0.25) is 9.10 Å². The first-order valence-corrected chi connectivity index (χ1v) is 10.8. The Morgan fingerprint density at radius 3 is 2.15 bits per heavy atom. The standard InChI is InChI=1S/C21H28N2O3S/c1-14-12-16(3)21(17(4)13-14)22-20(24)10-11-23(27(6,25)26)19-9-7-8-15(2)18(19)5/h7-9,12-13H,10-11H2,1-6H3,(H,22,24). The Bertz CT molecular complexity index is 942. The molecule has 2 rings (SSSR count). The summed E-state index contributed by atoms with van der Waals surface area (Å²) < 4.78 is 25.9. The summed E-state index contributed by atoms with van der Waals surface area (Å²) in [4.78, 5) is 12.5. The van der Waals surface area contributed by atoms with Gasteiger partial charge in [0.2, 0.25) is 15.9 Å². The van der Waals surface area contributed by atoms with E-state index in [2.05, 4.69) is 5.32 Å². The number of nitrogens with one attached hydrogen (secondary N) is 1. The summed E-state index contributed by atoms with van der Waals surface area (Å²) in [5, 5.41) is 2.93. The monoisotopic (exact) mass is 388 g/mol. The van der Waals surface area contributed by atoms with E-state index < -0.39 is 10.0 Å². The van der Waals surface area contributed by atoms with E-state index in [1.165, 1.54) is 10.6 Å². The Morgan fingerprint density at radius 1 is 1.00 bits per heavy atom. The van der Waals surface area contributed by atoms with Crippen molar-refractivity contribution in [3.05, 3.63) is 58.1 Å². The van der Waals surface area contributed by atoms with Crippen molar-refractivity contribution in [1.29, 1.82) is 0 Å². The molecule has 0 saturated carbocycles. The van der Waals surface area contributed by atoms with Gasteiger partial charge >= 0.3 is 0 Å². The van der Waals surface area contributed by atoms with Crippen molar-refractivity contribution >= 4 is 27.3 Å². The second kappa shape index (κ2) is 8.13. The largest absolute Gasteiger partial charge is 0.326 e. The number of benzene rings is 2. The van der Waals surface area contributed by atoms with E-state index in [1.807, 2.05) is 58.9 Å². The van der Waals surface area contributed by atoms with Gasteiger partial charge in [-0.1, -0.05) is 29.8 Å². The molecule has 146 valence electrons. The van der Waals surface area contributed by atoms with E-state index in [9.17, 15) is 13.2 Å². The molecule has 2 aromatic carbocycles. The van der Waals surface area contributed by atoms with Crippen LogP contribution < -0.4 is 9.62 Å². The Balaban J connectivity index is 2.19. The summed E-state index contributed by atoms with van der Waals surface area (Å²) >= 11 is 0. The molecule has 0 aliphatic carbocycles. The number of hydrogen-bond donors (Lipinski definition) is 1. The highest BCUT2D eigenvalue weighted by atomic mass is 32.2. The fourth-order valence-corrected chi connectivity index (χ4v) is 4.23. The molecule has 1 N–H and O–H groups in total. The van der Waals surface area contributed by atoms with Crippen LogP contribution in [0.25, 0.3) is 0 Å². The number of sulfonamides is 1. The highest BCUT2D eigenvalue weighted by Gasteiger charge is 2.21. The number of anilines is 2. The zero-order valence-electron chi connectivity index (χ0n) is 16.9. The van der Waals surface area contributed by atoms with Crippen LogP contribution in [-0.4, -0.2) is 27.1 Å². The summed E-state index contributed by atoms with van der Waals surface area (Å²) in [5.41, 5.74) is 6.45. The van der Waals surface area contributed by atoms with Gasteiger partial charge in [0.1, 0.15) is 0 Å². The van der Waals surface area contributed by atoms with Crippen molar-refractivity contribution in [2.75, 3.05) is 22.4 Å². The van der Waals surface area contributed by atoms with E-state index in [1.54, 1.807) is 6.07 Å². The van der Waals surface area contributed by atoms with Gasteiger partial charge in [-0.25, -0.2) is 8.42 Å². The zero-order chi connectivity index (χ0) is 20.4. The topological polar surface area (TPSA) is 66.5 Å². The van der Waals surface area contributed by atoms with Gasteiger partial charge in [-0.2, -0.15) is 0 Å².